The van der Waals surface area contributed by atoms with Gasteiger partial charge in [0.15, 0.2) is 5.96 Å². The van der Waals surface area contributed by atoms with Gasteiger partial charge < -0.3 is 11.1 Å². The van der Waals surface area contributed by atoms with Gasteiger partial charge in [-0.2, -0.15) is 0 Å². The van der Waals surface area contributed by atoms with Crippen molar-refractivity contribution in [2.75, 3.05) is 6.54 Å². The number of thiophene rings is 2. The van der Waals surface area contributed by atoms with E-state index in [1.54, 1.807) is 22.7 Å². The Morgan fingerprint density at radius 3 is 2.44 bits per heavy atom. The van der Waals surface area contributed by atoms with Crippen molar-refractivity contribution in [1.29, 1.82) is 0 Å². The van der Waals surface area contributed by atoms with Gasteiger partial charge >= 0.3 is 0 Å². The largest absolute Gasteiger partial charge is 0.370 e. The molecule has 0 spiro atoms. The molecule has 0 saturated carbocycles. The maximum absolute atomic E-state index is 5.78. The number of nitrogens with zero attached hydrogens (tertiary/aromatic N) is 1. The summed E-state index contributed by atoms with van der Waals surface area (Å²) >= 11 is 3.46. The summed E-state index contributed by atoms with van der Waals surface area (Å²) in [6.45, 7) is 1.50. The smallest absolute Gasteiger partial charge is 0.188 e. The van der Waals surface area contributed by atoms with Crippen LogP contribution in [0.1, 0.15) is 9.75 Å². The third-order valence-electron chi connectivity index (χ3n) is 2.24. The lowest BCUT2D eigenvalue weighted by atomic mass is 10.3. The molecular weight excluding hydrogens is 377 g/mol. The van der Waals surface area contributed by atoms with Crippen LogP contribution in [0, 0.1) is 0 Å². The van der Waals surface area contributed by atoms with Crippen LogP contribution in [-0.2, 0) is 13.0 Å². The Labute approximate surface area is 132 Å². The molecule has 3 N–H and O–H groups in total. The second kappa shape index (κ2) is 8.49. The molecule has 2 rings (SSSR count). The quantitative estimate of drug-likeness (QED) is 0.466. The van der Waals surface area contributed by atoms with Gasteiger partial charge in [0.25, 0.3) is 0 Å². The Balaban J connectivity index is 0.00000162. The number of hydrogen-bond donors (Lipinski definition) is 2. The molecule has 0 aliphatic heterocycles. The van der Waals surface area contributed by atoms with Crippen LogP contribution < -0.4 is 11.1 Å². The van der Waals surface area contributed by atoms with Gasteiger partial charge in [-0.1, -0.05) is 12.1 Å². The van der Waals surface area contributed by atoms with Crippen LogP contribution in [0.5, 0.6) is 0 Å². The van der Waals surface area contributed by atoms with Crippen LogP contribution in [0.3, 0.4) is 0 Å². The molecule has 0 amide bonds. The summed E-state index contributed by atoms with van der Waals surface area (Å²) in [5, 5.41) is 7.26. The van der Waals surface area contributed by atoms with Crippen molar-refractivity contribution < 1.29 is 0 Å². The molecule has 0 unspecified atom stereocenters. The first-order valence-electron chi connectivity index (χ1n) is 5.43. The number of nitrogens with two attached hydrogens (primary N) is 1. The predicted octanol–water partition coefficient (Wildman–Crippen LogP) is 3.07. The fourth-order valence-electron chi connectivity index (χ4n) is 1.39. The predicted molar refractivity (Wildman–Crippen MR) is 91.1 cm³/mol. The highest BCUT2D eigenvalue weighted by atomic mass is 127. The Bertz CT molecular complexity index is 452. The number of hydrogen-bond acceptors (Lipinski definition) is 3. The molecule has 3 nitrogen and oxygen atoms in total. The van der Waals surface area contributed by atoms with Gasteiger partial charge in [0, 0.05) is 16.3 Å². The van der Waals surface area contributed by atoms with Gasteiger partial charge in [0.1, 0.15) is 0 Å². The number of nitrogens with one attached hydrogen (secondary N) is 1. The molecule has 2 heterocycles. The van der Waals surface area contributed by atoms with Crippen molar-refractivity contribution in [2.45, 2.75) is 13.0 Å². The fourth-order valence-corrected chi connectivity index (χ4v) is 2.73. The molecule has 0 atom stereocenters. The van der Waals surface area contributed by atoms with E-state index in [9.17, 15) is 0 Å². The van der Waals surface area contributed by atoms with Gasteiger partial charge in [-0.15, -0.1) is 46.7 Å². The number of halogens is 1. The highest BCUT2D eigenvalue weighted by molar-refractivity contribution is 14.0. The van der Waals surface area contributed by atoms with Crippen LogP contribution in [0.15, 0.2) is 40.0 Å². The Hall–Kier alpha value is -0.600. The topological polar surface area (TPSA) is 50.4 Å². The standard InChI is InChI=1S/C12H15N3S2.HI/c13-12(15-9-11-4-2-8-17-11)14-6-5-10-3-1-7-16-10;/h1-4,7-8H,5-6,9H2,(H3,13,14,15);1H. The molecule has 6 heteroatoms. The van der Waals surface area contributed by atoms with Crippen LogP contribution >= 0.6 is 46.7 Å². The molecule has 0 aromatic carbocycles. The van der Waals surface area contributed by atoms with Gasteiger partial charge in [-0.05, 0) is 29.3 Å². The van der Waals surface area contributed by atoms with E-state index in [0.29, 0.717) is 12.5 Å². The molecule has 0 aliphatic carbocycles. The minimum Gasteiger partial charge on any atom is -0.370 e. The second-order valence-corrected chi connectivity index (χ2v) is 5.60. The van der Waals surface area contributed by atoms with E-state index < -0.39 is 0 Å². The average Bonchev–Trinajstić information content (AvgIpc) is 2.99. The minimum atomic E-state index is 0. The van der Waals surface area contributed by atoms with E-state index >= 15 is 0 Å². The third kappa shape index (κ3) is 5.36. The molecule has 2 aromatic heterocycles. The SMILES string of the molecule is I.NC(=NCc1cccs1)NCCc1cccs1. The summed E-state index contributed by atoms with van der Waals surface area (Å²) in [6, 6.07) is 8.28. The first kappa shape index (κ1) is 15.5. The normalized spacial score (nSPS) is 11.0. The molecule has 98 valence electrons. The number of rotatable bonds is 5. The fraction of sp³-hybridized carbons (Fsp3) is 0.250. The first-order chi connectivity index (χ1) is 8.34. The van der Waals surface area contributed by atoms with Crippen molar-refractivity contribution in [1.82, 2.24) is 5.32 Å². The van der Waals surface area contributed by atoms with Crippen molar-refractivity contribution in [3.8, 4) is 0 Å². The zero-order chi connectivity index (χ0) is 11.9. The summed E-state index contributed by atoms with van der Waals surface area (Å²) in [4.78, 5) is 6.88. The summed E-state index contributed by atoms with van der Waals surface area (Å²) in [7, 11) is 0. The number of aliphatic imine (C=N–C) groups is 1. The van der Waals surface area contributed by atoms with Crippen LogP contribution in [-0.4, -0.2) is 12.5 Å². The molecule has 0 aliphatic rings. The third-order valence-corrected chi connectivity index (χ3v) is 4.04. The highest BCUT2D eigenvalue weighted by Gasteiger charge is 1.96. The molecule has 0 bridgehead atoms. The van der Waals surface area contributed by atoms with Gasteiger partial charge in [-0.3, -0.25) is 0 Å². The second-order valence-electron chi connectivity index (χ2n) is 3.54. The highest BCUT2D eigenvalue weighted by Crippen LogP contribution is 2.09. The summed E-state index contributed by atoms with van der Waals surface area (Å²) in [6.07, 6.45) is 0.993. The Morgan fingerprint density at radius 2 is 1.83 bits per heavy atom. The zero-order valence-corrected chi connectivity index (χ0v) is 13.8. The lowest BCUT2D eigenvalue weighted by Gasteiger charge is -2.03. The average molecular weight is 393 g/mol. The monoisotopic (exact) mass is 393 g/mol. The van der Waals surface area contributed by atoms with Crippen LogP contribution in [0.4, 0.5) is 0 Å². The Kier molecular flexibility index (Phi) is 7.29. The number of guanidine groups is 1. The van der Waals surface area contributed by atoms with Crippen LogP contribution in [0.25, 0.3) is 0 Å². The van der Waals surface area contributed by atoms with Crippen molar-refractivity contribution in [3.05, 3.63) is 44.8 Å². The first-order valence-corrected chi connectivity index (χ1v) is 7.19. The molecule has 0 radical (unpaired) electrons. The summed E-state index contributed by atoms with van der Waals surface area (Å²) in [5.41, 5.74) is 5.78. The maximum atomic E-state index is 5.78. The minimum absolute atomic E-state index is 0. The molecule has 0 fully saturated rings. The molecular formula is C12H16IN3S2. The lowest BCUT2D eigenvalue weighted by molar-refractivity contribution is 0.858. The summed E-state index contributed by atoms with van der Waals surface area (Å²) < 4.78 is 0. The molecule has 0 saturated heterocycles. The van der Waals surface area contributed by atoms with E-state index in [2.05, 4.69) is 33.9 Å². The van der Waals surface area contributed by atoms with Crippen LogP contribution in [0.2, 0.25) is 0 Å². The molecule has 18 heavy (non-hydrogen) atoms. The zero-order valence-electron chi connectivity index (χ0n) is 9.83. The van der Waals surface area contributed by atoms with Crippen molar-refractivity contribution >= 4 is 52.6 Å². The van der Waals surface area contributed by atoms with Gasteiger partial charge in [0.05, 0.1) is 6.54 Å². The van der Waals surface area contributed by atoms with Crippen molar-refractivity contribution in [2.24, 2.45) is 10.7 Å². The summed E-state index contributed by atoms with van der Waals surface area (Å²) in [5.74, 6) is 0.523. The lowest BCUT2D eigenvalue weighted by Crippen LogP contribution is -2.33. The van der Waals surface area contributed by atoms with Crippen molar-refractivity contribution in [3.63, 3.8) is 0 Å². The Morgan fingerprint density at radius 1 is 1.17 bits per heavy atom. The van der Waals surface area contributed by atoms with E-state index in [-0.39, 0.29) is 24.0 Å². The van der Waals surface area contributed by atoms with E-state index in [1.165, 1.54) is 9.75 Å². The van der Waals surface area contributed by atoms with E-state index in [1.807, 2.05) is 11.4 Å². The van der Waals surface area contributed by atoms with Gasteiger partial charge in [-0.25, -0.2) is 4.99 Å². The molecule has 2 aromatic rings. The van der Waals surface area contributed by atoms with Gasteiger partial charge in [0.2, 0.25) is 0 Å². The van der Waals surface area contributed by atoms with E-state index in [4.69, 9.17) is 5.73 Å². The maximum Gasteiger partial charge on any atom is 0.188 e. The van der Waals surface area contributed by atoms with E-state index in [0.717, 1.165) is 13.0 Å².